The minimum absolute atomic E-state index is 0.445. The van der Waals surface area contributed by atoms with Gasteiger partial charge in [-0.15, -0.1) is 0 Å². The monoisotopic (exact) mass is 138 g/mol. The Hall–Kier alpha value is -0.260. The first-order valence-corrected chi connectivity index (χ1v) is 4.27. The average molecular weight is 138 g/mol. The third-order valence-electron chi connectivity index (χ3n) is 3.06. The molecule has 2 atom stereocenters. The Balaban J connectivity index is 2.68. The van der Waals surface area contributed by atoms with Gasteiger partial charge in [0.1, 0.15) is 0 Å². The summed E-state index contributed by atoms with van der Waals surface area (Å²) < 4.78 is 0. The fourth-order valence-electron chi connectivity index (χ4n) is 1.73. The molecule has 1 aliphatic rings. The first kappa shape index (κ1) is 7.84. The van der Waals surface area contributed by atoms with Crippen LogP contribution >= 0.6 is 0 Å². The molecular weight excluding hydrogens is 120 g/mol. The van der Waals surface area contributed by atoms with E-state index in [0.29, 0.717) is 5.41 Å². The van der Waals surface area contributed by atoms with Crippen LogP contribution in [0.2, 0.25) is 0 Å². The van der Waals surface area contributed by atoms with Gasteiger partial charge in [-0.1, -0.05) is 39.8 Å². The molecule has 0 aromatic heterocycles. The number of rotatable bonds is 1. The van der Waals surface area contributed by atoms with E-state index in [4.69, 9.17) is 0 Å². The molecule has 0 heteroatoms. The molecule has 0 amide bonds. The third kappa shape index (κ3) is 1.12. The number of allylic oxidation sites excluding steroid dienone is 2. The van der Waals surface area contributed by atoms with Gasteiger partial charge in [-0.25, -0.2) is 0 Å². The Morgan fingerprint density at radius 3 is 2.20 bits per heavy atom. The topological polar surface area (TPSA) is 0 Å². The van der Waals surface area contributed by atoms with Crippen molar-refractivity contribution in [2.75, 3.05) is 0 Å². The van der Waals surface area contributed by atoms with Crippen LogP contribution in [0.25, 0.3) is 0 Å². The van der Waals surface area contributed by atoms with Crippen LogP contribution in [0.3, 0.4) is 0 Å². The highest BCUT2D eigenvalue weighted by molar-refractivity contribution is 5.10. The van der Waals surface area contributed by atoms with Crippen LogP contribution in [0.5, 0.6) is 0 Å². The van der Waals surface area contributed by atoms with E-state index >= 15 is 0 Å². The summed E-state index contributed by atoms with van der Waals surface area (Å²) in [5.74, 6) is 1.66. The fourth-order valence-corrected chi connectivity index (χ4v) is 1.73. The van der Waals surface area contributed by atoms with E-state index in [9.17, 15) is 0 Å². The summed E-state index contributed by atoms with van der Waals surface area (Å²) in [5.41, 5.74) is 0.445. The van der Waals surface area contributed by atoms with Crippen LogP contribution in [0.4, 0.5) is 0 Å². The molecule has 0 saturated heterocycles. The van der Waals surface area contributed by atoms with Crippen LogP contribution in [0, 0.1) is 17.3 Å². The lowest BCUT2D eigenvalue weighted by Crippen LogP contribution is -2.19. The predicted molar refractivity (Wildman–Crippen MR) is 45.9 cm³/mol. The summed E-state index contributed by atoms with van der Waals surface area (Å²) >= 11 is 0. The van der Waals surface area contributed by atoms with Crippen LogP contribution in [0.15, 0.2) is 12.2 Å². The lowest BCUT2D eigenvalue weighted by Gasteiger charge is -2.26. The maximum Gasteiger partial charge on any atom is -0.0144 e. The molecule has 0 aromatic carbocycles. The molecule has 0 fully saturated rings. The minimum atomic E-state index is 0.445. The van der Waals surface area contributed by atoms with E-state index < -0.39 is 0 Å². The standard InChI is InChI=1S/C10H18/c1-5-9-6-7-10(3,4)8(9)2/h6-9H,5H2,1-4H3. The Morgan fingerprint density at radius 2 is 2.00 bits per heavy atom. The van der Waals surface area contributed by atoms with Crippen LogP contribution in [-0.2, 0) is 0 Å². The molecule has 58 valence electrons. The highest BCUT2D eigenvalue weighted by Crippen LogP contribution is 2.41. The summed E-state index contributed by atoms with van der Waals surface area (Å²) in [7, 11) is 0. The van der Waals surface area contributed by atoms with Crippen molar-refractivity contribution in [3.05, 3.63) is 12.2 Å². The lowest BCUT2D eigenvalue weighted by molar-refractivity contribution is 0.266. The minimum Gasteiger partial charge on any atom is -0.0846 e. The maximum absolute atomic E-state index is 2.38. The van der Waals surface area contributed by atoms with Crippen LogP contribution < -0.4 is 0 Å². The van der Waals surface area contributed by atoms with E-state index in [-0.39, 0.29) is 0 Å². The summed E-state index contributed by atoms with van der Waals surface area (Å²) in [4.78, 5) is 0. The molecule has 0 heterocycles. The summed E-state index contributed by atoms with van der Waals surface area (Å²) in [6.07, 6.45) is 6.04. The second-order valence-corrected chi connectivity index (χ2v) is 4.04. The molecule has 0 nitrogen and oxygen atoms in total. The third-order valence-corrected chi connectivity index (χ3v) is 3.06. The highest BCUT2D eigenvalue weighted by Gasteiger charge is 2.32. The van der Waals surface area contributed by atoms with Crippen molar-refractivity contribution in [2.45, 2.75) is 34.1 Å². The molecule has 10 heavy (non-hydrogen) atoms. The predicted octanol–water partition coefficient (Wildman–Crippen LogP) is 3.24. The second kappa shape index (κ2) is 2.41. The molecule has 0 aliphatic heterocycles. The molecule has 2 unspecified atom stereocenters. The maximum atomic E-state index is 2.38. The molecule has 0 bridgehead atoms. The molecule has 0 saturated carbocycles. The second-order valence-electron chi connectivity index (χ2n) is 4.04. The van der Waals surface area contributed by atoms with E-state index in [1.807, 2.05) is 0 Å². The van der Waals surface area contributed by atoms with E-state index in [1.165, 1.54) is 6.42 Å². The van der Waals surface area contributed by atoms with Crippen molar-refractivity contribution in [1.29, 1.82) is 0 Å². The Bertz CT molecular complexity index is 142. The zero-order valence-electron chi connectivity index (χ0n) is 7.52. The molecule has 0 aromatic rings. The van der Waals surface area contributed by atoms with Crippen LogP contribution in [0.1, 0.15) is 34.1 Å². The van der Waals surface area contributed by atoms with Gasteiger partial charge < -0.3 is 0 Å². The van der Waals surface area contributed by atoms with Crippen molar-refractivity contribution in [3.63, 3.8) is 0 Å². The van der Waals surface area contributed by atoms with Gasteiger partial charge in [0.15, 0.2) is 0 Å². The van der Waals surface area contributed by atoms with Gasteiger partial charge in [-0.05, 0) is 23.7 Å². The lowest BCUT2D eigenvalue weighted by atomic mass is 9.78. The number of hydrogen-bond donors (Lipinski definition) is 0. The van der Waals surface area contributed by atoms with Gasteiger partial charge in [-0.3, -0.25) is 0 Å². The molecule has 1 aliphatic carbocycles. The van der Waals surface area contributed by atoms with Gasteiger partial charge in [-0.2, -0.15) is 0 Å². The van der Waals surface area contributed by atoms with Crippen molar-refractivity contribution < 1.29 is 0 Å². The summed E-state index contributed by atoms with van der Waals surface area (Å²) in [6, 6.07) is 0. The van der Waals surface area contributed by atoms with Crippen LogP contribution in [-0.4, -0.2) is 0 Å². The van der Waals surface area contributed by atoms with Crippen molar-refractivity contribution >= 4 is 0 Å². The molecule has 0 spiro atoms. The molecule has 0 radical (unpaired) electrons. The van der Waals surface area contributed by atoms with E-state index in [1.54, 1.807) is 0 Å². The zero-order valence-corrected chi connectivity index (χ0v) is 7.52. The van der Waals surface area contributed by atoms with Crippen molar-refractivity contribution in [1.82, 2.24) is 0 Å². The van der Waals surface area contributed by atoms with Crippen molar-refractivity contribution in [2.24, 2.45) is 17.3 Å². The average Bonchev–Trinajstić information content (AvgIpc) is 2.10. The number of hydrogen-bond acceptors (Lipinski definition) is 0. The molecular formula is C10H18. The highest BCUT2D eigenvalue weighted by atomic mass is 14.4. The largest absolute Gasteiger partial charge is 0.0846 e. The van der Waals surface area contributed by atoms with Gasteiger partial charge in [0.25, 0.3) is 0 Å². The van der Waals surface area contributed by atoms with E-state index in [0.717, 1.165) is 11.8 Å². The van der Waals surface area contributed by atoms with Gasteiger partial charge >= 0.3 is 0 Å². The smallest absolute Gasteiger partial charge is 0.0144 e. The normalized spacial score (nSPS) is 36.8. The summed E-state index contributed by atoms with van der Waals surface area (Å²) in [6.45, 7) is 9.27. The Labute approximate surface area is 64.3 Å². The SMILES string of the molecule is CCC1C=CC(C)(C)C1C. The Kier molecular flexibility index (Phi) is 1.89. The quantitative estimate of drug-likeness (QED) is 0.488. The molecule has 0 N–H and O–H groups in total. The van der Waals surface area contributed by atoms with E-state index in [2.05, 4.69) is 39.8 Å². The van der Waals surface area contributed by atoms with Gasteiger partial charge in [0.2, 0.25) is 0 Å². The van der Waals surface area contributed by atoms with Gasteiger partial charge in [0.05, 0.1) is 0 Å². The fraction of sp³-hybridized carbons (Fsp3) is 0.800. The molecule has 1 rings (SSSR count). The first-order chi connectivity index (χ1) is 4.58. The Morgan fingerprint density at radius 1 is 1.40 bits per heavy atom. The summed E-state index contributed by atoms with van der Waals surface area (Å²) in [5, 5.41) is 0. The first-order valence-electron chi connectivity index (χ1n) is 4.27. The van der Waals surface area contributed by atoms with Crippen molar-refractivity contribution in [3.8, 4) is 0 Å². The zero-order chi connectivity index (χ0) is 7.78. The van der Waals surface area contributed by atoms with Gasteiger partial charge in [0, 0.05) is 0 Å².